The third kappa shape index (κ3) is 8.92. The number of carboxylic acid groups (broad SMARTS) is 1. The molecule has 0 radical (unpaired) electrons. The van der Waals surface area contributed by atoms with Crippen molar-refractivity contribution < 1.29 is 37.4 Å². The smallest absolute Gasteiger partial charge is 0.475 e. The maximum atomic E-state index is 12.0. The van der Waals surface area contributed by atoms with Gasteiger partial charge >= 0.3 is 18.1 Å². The van der Waals surface area contributed by atoms with Crippen molar-refractivity contribution in [3.05, 3.63) is 35.8 Å². The summed E-state index contributed by atoms with van der Waals surface area (Å²) in [6, 6.07) is 2.66. The van der Waals surface area contributed by atoms with Crippen molar-refractivity contribution in [3.8, 4) is 0 Å². The molecule has 32 heavy (non-hydrogen) atoms. The number of carboxylic acids is 1. The van der Waals surface area contributed by atoms with Gasteiger partial charge in [-0.2, -0.15) is 13.2 Å². The second-order valence-electron chi connectivity index (χ2n) is 6.87. The molecule has 0 aliphatic heterocycles. The molecule has 0 saturated carbocycles. The summed E-state index contributed by atoms with van der Waals surface area (Å²) in [6.07, 6.45) is 3.23. The highest BCUT2D eigenvalue weighted by Gasteiger charge is 2.38. The Morgan fingerprint density at radius 2 is 1.94 bits per heavy atom. The number of imidazole rings is 1. The van der Waals surface area contributed by atoms with Crippen LogP contribution in [-0.2, 0) is 20.7 Å². The van der Waals surface area contributed by atoms with E-state index in [1.54, 1.807) is 22.7 Å². The first-order valence-electron chi connectivity index (χ1n) is 9.89. The molecule has 9 nitrogen and oxygen atoms in total. The average Bonchev–Trinajstić information content (AvgIpc) is 3.13. The zero-order valence-corrected chi connectivity index (χ0v) is 17.8. The number of ether oxygens (including phenoxy) is 1. The molecule has 0 aromatic carbocycles. The lowest BCUT2D eigenvalue weighted by atomic mass is 10.1. The number of hydrogen-bond donors (Lipinski definition) is 3. The van der Waals surface area contributed by atoms with Crippen molar-refractivity contribution in [1.82, 2.24) is 14.7 Å². The molecule has 0 saturated heterocycles. The van der Waals surface area contributed by atoms with Crippen LogP contribution in [0.3, 0.4) is 0 Å². The standard InChI is InChI=1S/C18H26N4O3.C2HF3O2/c1-3-4-5-6-8-20-17(23)15(19)11-14-12-22-9-7-13(18(24)25-2)10-16(22)21-14;3-2(4,5)1(6)7/h7,9-10,12,15H,3-6,8,11,19H2,1-2H3,(H,20,23);(H,6,7)/t15-;/m0./s1. The largest absolute Gasteiger partial charge is 0.490 e. The zero-order chi connectivity index (χ0) is 24.3. The summed E-state index contributed by atoms with van der Waals surface area (Å²) in [7, 11) is 1.34. The van der Waals surface area contributed by atoms with Gasteiger partial charge < -0.3 is 25.3 Å². The number of fused-ring (bicyclic) bond motifs is 1. The number of esters is 1. The molecule has 0 spiro atoms. The van der Waals surface area contributed by atoms with Gasteiger partial charge in [0.2, 0.25) is 5.91 Å². The molecule has 0 fully saturated rings. The molecule has 2 aromatic rings. The van der Waals surface area contributed by atoms with Gasteiger partial charge in [0.1, 0.15) is 5.65 Å². The van der Waals surface area contributed by atoms with Crippen molar-refractivity contribution in [1.29, 1.82) is 0 Å². The fourth-order valence-electron chi connectivity index (χ4n) is 2.59. The van der Waals surface area contributed by atoms with E-state index in [1.807, 2.05) is 6.20 Å². The summed E-state index contributed by atoms with van der Waals surface area (Å²) in [5.41, 5.74) is 7.73. The van der Waals surface area contributed by atoms with Crippen LogP contribution in [-0.4, -0.2) is 58.2 Å². The zero-order valence-electron chi connectivity index (χ0n) is 17.8. The number of pyridine rings is 1. The van der Waals surface area contributed by atoms with Crippen LogP contribution in [0.2, 0.25) is 0 Å². The highest BCUT2D eigenvalue weighted by atomic mass is 19.4. The number of halogens is 3. The van der Waals surface area contributed by atoms with Crippen molar-refractivity contribution >= 4 is 23.5 Å². The number of methoxy groups -OCH3 is 1. The van der Waals surface area contributed by atoms with E-state index in [-0.39, 0.29) is 5.91 Å². The molecule has 0 aliphatic carbocycles. The maximum absolute atomic E-state index is 12.0. The molecule has 2 heterocycles. The maximum Gasteiger partial charge on any atom is 0.490 e. The van der Waals surface area contributed by atoms with E-state index in [0.717, 1.165) is 12.8 Å². The lowest BCUT2D eigenvalue weighted by Gasteiger charge is -2.10. The molecule has 178 valence electrons. The van der Waals surface area contributed by atoms with Crippen LogP contribution < -0.4 is 11.1 Å². The monoisotopic (exact) mass is 460 g/mol. The third-order valence-electron chi connectivity index (χ3n) is 4.27. The molecule has 2 rings (SSSR count). The number of nitrogens with one attached hydrogen (secondary N) is 1. The van der Waals surface area contributed by atoms with Crippen molar-refractivity contribution in [2.24, 2.45) is 5.73 Å². The van der Waals surface area contributed by atoms with Gasteiger partial charge in [0.25, 0.3) is 0 Å². The van der Waals surface area contributed by atoms with E-state index < -0.39 is 24.2 Å². The first-order valence-corrected chi connectivity index (χ1v) is 9.89. The number of nitrogens with zero attached hydrogens (tertiary/aromatic N) is 2. The van der Waals surface area contributed by atoms with Crippen LogP contribution in [0.5, 0.6) is 0 Å². The third-order valence-corrected chi connectivity index (χ3v) is 4.27. The first-order chi connectivity index (χ1) is 15.0. The van der Waals surface area contributed by atoms with E-state index in [4.69, 9.17) is 20.4 Å². The Morgan fingerprint density at radius 3 is 2.50 bits per heavy atom. The Bertz CT molecular complexity index is 914. The molecule has 1 amide bonds. The molecule has 0 unspecified atom stereocenters. The van der Waals surface area contributed by atoms with Gasteiger partial charge in [0.05, 0.1) is 24.4 Å². The van der Waals surface area contributed by atoms with E-state index in [9.17, 15) is 22.8 Å². The number of rotatable bonds is 9. The minimum atomic E-state index is -5.08. The molecule has 12 heteroatoms. The highest BCUT2D eigenvalue weighted by Crippen LogP contribution is 2.13. The number of aliphatic carboxylic acids is 1. The lowest BCUT2D eigenvalue weighted by Crippen LogP contribution is -2.42. The number of alkyl halides is 3. The number of carbonyl (C=O) groups excluding carboxylic acids is 2. The SMILES string of the molecule is CCCCCCNC(=O)[C@@H](N)Cc1cn2ccc(C(=O)OC)cc2n1.O=C(O)C(F)(F)F. The van der Waals surface area contributed by atoms with Gasteiger partial charge in [-0.3, -0.25) is 4.79 Å². The average molecular weight is 460 g/mol. The van der Waals surface area contributed by atoms with Gasteiger partial charge in [-0.05, 0) is 18.6 Å². The molecule has 4 N–H and O–H groups in total. The molecule has 1 atom stereocenters. The van der Waals surface area contributed by atoms with Crippen LogP contribution in [0.15, 0.2) is 24.5 Å². The number of hydrogen-bond acceptors (Lipinski definition) is 6. The number of amides is 1. The summed E-state index contributed by atoms with van der Waals surface area (Å²) < 4.78 is 38.2. The van der Waals surface area contributed by atoms with Gasteiger partial charge in [-0.1, -0.05) is 26.2 Å². The normalized spacial score (nSPS) is 11.9. The first kappa shape index (κ1) is 26.9. The van der Waals surface area contributed by atoms with Crippen LogP contribution in [0.1, 0.15) is 48.7 Å². The van der Waals surface area contributed by atoms with Gasteiger partial charge in [-0.15, -0.1) is 0 Å². The molecular weight excluding hydrogens is 433 g/mol. The fourth-order valence-corrected chi connectivity index (χ4v) is 2.59. The van der Waals surface area contributed by atoms with Crippen LogP contribution >= 0.6 is 0 Å². The van der Waals surface area contributed by atoms with Gasteiger partial charge in [0, 0.05) is 25.4 Å². The summed E-state index contributed by atoms with van der Waals surface area (Å²) >= 11 is 0. The predicted octanol–water partition coefficient (Wildman–Crippen LogP) is 2.32. The van der Waals surface area contributed by atoms with Gasteiger partial charge in [0.15, 0.2) is 0 Å². The number of unbranched alkanes of at least 4 members (excludes halogenated alkanes) is 3. The molecule has 0 aliphatic rings. The molecule has 2 aromatic heterocycles. The second-order valence-corrected chi connectivity index (χ2v) is 6.87. The van der Waals surface area contributed by atoms with E-state index >= 15 is 0 Å². The quantitative estimate of drug-likeness (QED) is 0.386. The summed E-state index contributed by atoms with van der Waals surface area (Å²) in [6.45, 7) is 2.80. The van der Waals surface area contributed by atoms with E-state index in [2.05, 4.69) is 17.2 Å². The summed E-state index contributed by atoms with van der Waals surface area (Å²) in [5.74, 6) is -3.33. The fraction of sp³-hybridized carbons (Fsp3) is 0.500. The number of carbonyl (C=O) groups is 3. The van der Waals surface area contributed by atoms with Crippen LogP contribution in [0.4, 0.5) is 13.2 Å². The predicted molar refractivity (Wildman–Crippen MR) is 109 cm³/mol. The Labute approximate surface area is 182 Å². The number of aromatic nitrogens is 2. The van der Waals surface area contributed by atoms with Crippen molar-refractivity contribution in [2.75, 3.05) is 13.7 Å². The van der Waals surface area contributed by atoms with Crippen molar-refractivity contribution in [2.45, 2.75) is 51.2 Å². The van der Waals surface area contributed by atoms with Crippen molar-refractivity contribution in [3.63, 3.8) is 0 Å². The Morgan fingerprint density at radius 1 is 1.28 bits per heavy atom. The molecule has 0 bridgehead atoms. The molecular formula is C20H27F3N4O5. The van der Waals surface area contributed by atoms with E-state index in [1.165, 1.54) is 20.0 Å². The van der Waals surface area contributed by atoms with Gasteiger partial charge in [-0.25, -0.2) is 14.6 Å². The highest BCUT2D eigenvalue weighted by molar-refractivity contribution is 5.90. The Balaban J connectivity index is 0.000000633. The van der Waals surface area contributed by atoms with E-state index in [0.29, 0.717) is 29.9 Å². The lowest BCUT2D eigenvalue weighted by molar-refractivity contribution is -0.192. The number of nitrogens with two attached hydrogens (primary N) is 1. The minimum absolute atomic E-state index is 0.163. The van der Waals surface area contributed by atoms with Crippen LogP contribution in [0.25, 0.3) is 5.65 Å². The second kappa shape index (κ2) is 12.6. The summed E-state index contributed by atoms with van der Waals surface area (Å²) in [4.78, 5) is 36.9. The topological polar surface area (TPSA) is 136 Å². The van der Waals surface area contributed by atoms with Crippen LogP contribution in [0, 0.1) is 0 Å². The summed E-state index contributed by atoms with van der Waals surface area (Å²) in [5, 5.41) is 9.99. The minimum Gasteiger partial charge on any atom is -0.475 e. The Hall–Kier alpha value is -3.15. The Kier molecular flexibility index (Phi) is 10.6.